The molecule has 0 saturated carbocycles. The van der Waals surface area contributed by atoms with Crippen molar-refractivity contribution in [2.24, 2.45) is 0 Å². The summed E-state index contributed by atoms with van der Waals surface area (Å²) >= 11 is 0. The van der Waals surface area contributed by atoms with Crippen LogP contribution in [0.2, 0.25) is 0 Å². The number of unbranched alkanes of at least 4 members (excludes halogenated alkanes) is 1. The van der Waals surface area contributed by atoms with Crippen molar-refractivity contribution in [1.29, 1.82) is 0 Å². The summed E-state index contributed by atoms with van der Waals surface area (Å²) in [7, 11) is 0. The first-order valence-electron chi connectivity index (χ1n) is 5.02. The summed E-state index contributed by atoms with van der Waals surface area (Å²) in [6.07, 6.45) is 2.29. The van der Waals surface area contributed by atoms with Crippen molar-refractivity contribution in [3.05, 3.63) is 0 Å². The lowest BCUT2D eigenvalue weighted by molar-refractivity contribution is -0.145. The fraction of sp³-hybridized carbons (Fsp3) is 0.800. The van der Waals surface area contributed by atoms with Gasteiger partial charge >= 0.3 is 11.9 Å². The van der Waals surface area contributed by atoms with Crippen molar-refractivity contribution >= 4 is 11.9 Å². The molecule has 4 nitrogen and oxygen atoms in total. The van der Waals surface area contributed by atoms with Crippen molar-refractivity contribution < 1.29 is 19.1 Å². The van der Waals surface area contributed by atoms with Gasteiger partial charge in [0.15, 0.2) is 0 Å². The van der Waals surface area contributed by atoms with Gasteiger partial charge in [0, 0.05) is 12.8 Å². The summed E-state index contributed by atoms with van der Waals surface area (Å²) < 4.78 is 9.69. The zero-order valence-corrected chi connectivity index (χ0v) is 8.88. The van der Waals surface area contributed by atoms with Crippen LogP contribution >= 0.6 is 0 Å². The lowest BCUT2D eigenvalue weighted by atomic mass is 10.3. The summed E-state index contributed by atoms with van der Waals surface area (Å²) in [5.74, 6) is -0.369. The van der Waals surface area contributed by atoms with Gasteiger partial charge in [0.1, 0.15) is 0 Å². The van der Waals surface area contributed by atoms with E-state index in [1.54, 1.807) is 13.8 Å². The summed E-state index contributed by atoms with van der Waals surface area (Å²) in [5.41, 5.74) is 0. The normalized spacial score (nSPS) is 9.57. The van der Waals surface area contributed by atoms with Crippen LogP contribution in [0.5, 0.6) is 0 Å². The molecule has 0 rings (SSSR count). The molecule has 0 radical (unpaired) electrons. The number of hydrogen-bond donors (Lipinski definition) is 0. The fourth-order valence-corrected chi connectivity index (χ4v) is 0.780. The Labute approximate surface area is 84.6 Å². The average molecular weight is 202 g/mol. The first kappa shape index (κ1) is 12.9. The highest BCUT2D eigenvalue weighted by molar-refractivity contribution is 5.69. The zero-order valence-electron chi connectivity index (χ0n) is 8.88. The first-order valence-corrected chi connectivity index (χ1v) is 5.02. The topological polar surface area (TPSA) is 52.6 Å². The van der Waals surface area contributed by atoms with E-state index in [0.717, 1.165) is 12.8 Å². The number of carbonyl (C=O) groups is 2. The van der Waals surface area contributed by atoms with Gasteiger partial charge in [-0.3, -0.25) is 9.59 Å². The average Bonchev–Trinajstić information content (AvgIpc) is 2.22. The van der Waals surface area contributed by atoms with E-state index in [1.165, 1.54) is 0 Å². The van der Waals surface area contributed by atoms with Crippen LogP contribution in [0.15, 0.2) is 0 Å². The predicted molar refractivity (Wildman–Crippen MR) is 51.7 cm³/mol. The molecule has 0 spiro atoms. The van der Waals surface area contributed by atoms with Crippen LogP contribution in [0.25, 0.3) is 0 Å². The molecule has 0 heterocycles. The van der Waals surface area contributed by atoms with Crippen LogP contribution < -0.4 is 0 Å². The minimum atomic E-state index is -0.185. The predicted octanol–water partition coefficient (Wildman–Crippen LogP) is 1.67. The van der Waals surface area contributed by atoms with Gasteiger partial charge in [-0.25, -0.2) is 0 Å². The molecule has 0 aliphatic rings. The number of ether oxygens (including phenoxy) is 2. The van der Waals surface area contributed by atoms with E-state index in [9.17, 15) is 9.59 Å². The highest BCUT2D eigenvalue weighted by Gasteiger charge is 1.99. The largest absolute Gasteiger partial charge is 0.466 e. The lowest BCUT2D eigenvalue weighted by Gasteiger charge is -2.04. The van der Waals surface area contributed by atoms with Crippen molar-refractivity contribution in [3.8, 4) is 0 Å². The smallest absolute Gasteiger partial charge is 0.305 e. The van der Waals surface area contributed by atoms with Gasteiger partial charge in [0.2, 0.25) is 0 Å². The second-order valence-electron chi connectivity index (χ2n) is 2.86. The van der Waals surface area contributed by atoms with Crippen LogP contribution in [-0.4, -0.2) is 25.2 Å². The summed E-state index contributed by atoms with van der Waals surface area (Å²) in [6.45, 7) is 4.34. The molecule has 0 aromatic carbocycles. The Balaban J connectivity index is 3.14. The standard InChI is InChI=1S/C10H18O4/c1-3-9(11)13-7-5-6-8-14-10(12)4-2/h3-8H2,1-2H3. The van der Waals surface area contributed by atoms with Crippen molar-refractivity contribution in [1.82, 2.24) is 0 Å². The third-order valence-corrected chi connectivity index (χ3v) is 1.64. The molecule has 0 aliphatic carbocycles. The van der Waals surface area contributed by atoms with E-state index in [0.29, 0.717) is 26.1 Å². The SMILES string of the molecule is CCC(=O)OCCCCOC(=O)CC. The molecule has 4 heteroatoms. The third kappa shape index (κ3) is 7.58. The van der Waals surface area contributed by atoms with Crippen LogP contribution in [0.4, 0.5) is 0 Å². The van der Waals surface area contributed by atoms with Gasteiger partial charge < -0.3 is 9.47 Å². The molecule has 0 atom stereocenters. The van der Waals surface area contributed by atoms with Crippen LogP contribution in [0.1, 0.15) is 39.5 Å². The monoisotopic (exact) mass is 202 g/mol. The van der Waals surface area contributed by atoms with Gasteiger partial charge in [0.25, 0.3) is 0 Å². The van der Waals surface area contributed by atoms with E-state index >= 15 is 0 Å². The van der Waals surface area contributed by atoms with E-state index in [-0.39, 0.29) is 11.9 Å². The second-order valence-corrected chi connectivity index (χ2v) is 2.86. The highest BCUT2D eigenvalue weighted by Crippen LogP contribution is 1.94. The Kier molecular flexibility index (Phi) is 7.89. The van der Waals surface area contributed by atoms with E-state index in [1.807, 2.05) is 0 Å². The van der Waals surface area contributed by atoms with Gasteiger partial charge in [-0.05, 0) is 12.8 Å². The Morgan fingerprint density at radius 2 is 1.21 bits per heavy atom. The zero-order chi connectivity index (χ0) is 10.8. The molecule has 0 aliphatic heterocycles. The molecule has 0 bridgehead atoms. The number of esters is 2. The van der Waals surface area contributed by atoms with Crippen molar-refractivity contribution in [3.63, 3.8) is 0 Å². The molecule has 0 N–H and O–H groups in total. The van der Waals surface area contributed by atoms with Crippen molar-refractivity contribution in [2.75, 3.05) is 13.2 Å². The lowest BCUT2D eigenvalue weighted by Crippen LogP contribution is -2.07. The minimum Gasteiger partial charge on any atom is -0.466 e. The number of carbonyl (C=O) groups excluding carboxylic acids is 2. The van der Waals surface area contributed by atoms with Gasteiger partial charge in [-0.15, -0.1) is 0 Å². The first-order chi connectivity index (χ1) is 6.70. The van der Waals surface area contributed by atoms with Gasteiger partial charge in [-0.1, -0.05) is 13.8 Å². The summed E-state index contributed by atoms with van der Waals surface area (Å²) in [4.78, 5) is 21.4. The molecular weight excluding hydrogens is 184 g/mol. The Hall–Kier alpha value is -1.06. The maximum Gasteiger partial charge on any atom is 0.305 e. The van der Waals surface area contributed by atoms with Crippen LogP contribution in [0.3, 0.4) is 0 Å². The quantitative estimate of drug-likeness (QED) is 0.465. The Morgan fingerprint density at radius 1 is 0.857 bits per heavy atom. The molecule has 0 saturated heterocycles. The van der Waals surface area contributed by atoms with Crippen LogP contribution in [-0.2, 0) is 19.1 Å². The molecule has 0 aromatic rings. The van der Waals surface area contributed by atoms with Crippen molar-refractivity contribution in [2.45, 2.75) is 39.5 Å². The summed E-state index contributed by atoms with van der Waals surface area (Å²) in [5, 5.41) is 0. The van der Waals surface area contributed by atoms with Gasteiger partial charge in [0.05, 0.1) is 13.2 Å². The van der Waals surface area contributed by atoms with Crippen LogP contribution in [0, 0.1) is 0 Å². The molecule has 0 aromatic heterocycles. The van der Waals surface area contributed by atoms with Gasteiger partial charge in [-0.2, -0.15) is 0 Å². The molecule has 14 heavy (non-hydrogen) atoms. The highest BCUT2D eigenvalue weighted by atomic mass is 16.5. The second kappa shape index (κ2) is 8.53. The number of hydrogen-bond acceptors (Lipinski definition) is 4. The Bertz CT molecular complexity index is 157. The summed E-state index contributed by atoms with van der Waals surface area (Å²) in [6, 6.07) is 0. The third-order valence-electron chi connectivity index (χ3n) is 1.64. The van der Waals surface area contributed by atoms with E-state index in [4.69, 9.17) is 9.47 Å². The molecule has 0 amide bonds. The molecular formula is C10H18O4. The molecule has 0 unspecified atom stereocenters. The fourth-order valence-electron chi connectivity index (χ4n) is 0.780. The van der Waals surface area contributed by atoms with E-state index in [2.05, 4.69) is 0 Å². The van der Waals surface area contributed by atoms with E-state index < -0.39 is 0 Å². The Morgan fingerprint density at radius 3 is 1.50 bits per heavy atom. The number of rotatable bonds is 7. The minimum absolute atomic E-state index is 0.185. The molecule has 82 valence electrons. The molecule has 0 fully saturated rings. The maximum absolute atomic E-state index is 10.7. The maximum atomic E-state index is 10.7.